The fraction of sp³-hybridized carbons (Fsp3) is 0.286. The first-order valence-corrected chi connectivity index (χ1v) is 4.91. The van der Waals surface area contributed by atoms with Crippen LogP contribution in [0.2, 0.25) is 0 Å². The van der Waals surface area contributed by atoms with Crippen molar-refractivity contribution in [2.45, 2.75) is 21.8 Å². The van der Waals surface area contributed by atoms with E-state index in [1.54, 1.807) is 0 Å². The molecule has 1 aromatic heterocycles. The van der Waals surface area contributed by atoms with Crippen LogP contribution < -0.4 is 5.43 Å². The van der Waals surface area contributed by atoms with Crippen molar-refractivity contribution >= 4 is 36.6 Å². The molecule has 1 heterocycles. The third-order valence-corrected chi connectivity index (χ3v) is 3.08. The number of hydrogen-bond donors (Lipinski definition) is 2. The van der Waals surface area contributed by atoms with E-state index in [1.807, 2.05) is 6.92 Å². The molecule has 0 fully saturated rings. The molecule has 0 aromatic carbocycles. The fourth-order valence-electron chi connectivity index (χ4n) is 0.820. The van der Waals surface area contributed by atoms with E-state index in [0.29, 0.717) is 0 Å². The molecule has 0 saturated carbocycles. The van der Waals surface area contributed by atoms with Crippen molar-refractivity contribution in [3.05, 3.63) is 21.9 Å². The normalized spacial score (nSPS) is 10.1. The molecule has 0 aliphatic heterocycles. The van der Waals surface area contributed by atoms with Crippen molar-refractivity contribution < 1.29 is 0 Å². The second-order valence-corrected chi connectivity index (χ2v) is 4.67. The van der Waals surface area contributed by atoms with Crippen LogP contribution in [0.3, 0.4) is 0 Å². The highest BCUT2D eigenvalue weighted by Crippen LogP contribution is 2.21. The van der Waals surface area contributed by atoms with E-state index < -0.39 is 0 Å². The molecule has 4 heteroatoms. The van der Waals surface area contributed by atoms with E-state index in [2.05, 4.69) is 25.3 Å². The lowest BCUT2D eigenvalue weighted by molar-refractivity contribution is 1.08. The summed E-state index contributed by atoms with van der Waals surface area (Å²) >= 11 is 9.69. The number of hydrogen-bond acceptors (Lipinski definition) is 4. The average molecular weight is 204 g/mol. The Labute approximate surface area is 80.3 Å². The van der Waals surface area contributed by atoms with E-state index >= 15 is 0 Å². The predicted octanol–water partition coefficient (Wildman–Crippen LogP) is 2.25. The lowest BCUT2D eigenvalue weighted by atomic mass is 10.2. The molecule has 1 rings (SSSR count). The SMILES string of the molecule is CCc1c(S)sc(S)cc1=O. The second kappa shape index (κ2) is 3.65. The lowest BCUT2D eigenvalue weighted by Gasteiger charge is -1.98. The predicted molar refractivity (Wildman–Crippen MR) is 54.5 cm³/mol. The monoisotopic (exact) mass is 204 g/mol. The maximum Gasteiger partial charge on any atom is 0.185 e. The maximum atomic E-state index is 11.2. The topological polar surface area (TPSA) is 17.1 Å². The van der Waals surface area contributed by atoms with Crippen molar-refractivity contribution in [2.75, 3.05) is 0 Å². The molecule has 0 N–H and O–H groups in total. The zero-order valence-electron chi connectivity index (χ0n) is 6.00. The summed E-state index contributed by atoms with van der Waals surface area (Å²) in [4.78, 5) is 11.2. The first-order valence-electron chi connectivity index (χ1n) is 3.20. The summed E-state index contributed by atoms with van der Waals surface area (Å²) in [6.07, 6.45) is 0.738. The Morgan fingerprint density at radius 1 is 1.55 bits per heavy atom. The standard InChI is InChI=1S/C7H8OS3/c1-2-4-5(8)3-6(9)11-7(4)10/h3,9-10H,2H2,1H3. The molecule has 0 spiro atoms. The van der Waals surface area contributed by atoms with Gasteiger partial charge in [0.1, 0.15) is 0 Å². The van der Waals surface area contributed by atoms with Crippen molar-refractivity contribution in [1.29, 1.82) is 0 Å². The zero-order valence-corrected chi connectivity index (χ0v) is 8.60. The molecule has 0 radical (unpaired) electrons. The molecule has 0 amide bonds. The van der Waals surface area contributed by atoms with Crippen LogP contribution in [-0.2, 0) is 6.42 Å². The average Bonchev–Trinajstić information content (AvgIpc) is 1.85. The van der Waals surface area contributed by atoms with Crippen LogP contribution in [0.15, 0.2) is 19.3 Å². The van der Waals surface area contributed by atoms with Gasteiger partial charge in [-0.05, 0) is 6.42 Å². The minimum Gasteiger partial charge on any atom is -0.290 e. The minimum atomic E-state index is 0.0428. The van der Waals surface area contributed by atoms with Crippen LogP contribution in [0.4, 0.5) is 0 Å². The van der Waals surface area contributed by atoms with Crippen LogP contribution in [0.1, 0.15) is 12.5 Å². The van der Waals surface area contributed by atoms with Crippen molar-refractivity contribution in [2.24, 2.45) is 0 Å². The smallest absolute Gasteiger partial charge is 0.185 e. The van der Waals surface area contributed by atoms with E-state index in [9.17, 15) is 4.79 Å². The van der Waals surface area contributed by atoms with Gasteiger partial charge in [0.2, 0.25) is 0 Å². The van der Waals surface area contributed by atoms with Gasteiger partial charge in [0.05, 0.1) is 8.42 Å². The highest BCUT2D eigenvalue weighted by molar-refractivity contribution is 7.85. The van der Waals surface area contributed by atoms with Crippen LogP contribution >= 0.6 is 36.6 Å². The van der Waals surface area contributed by atoms with E-state index in [1.165, 1.54) is 17.4 Å². The zero-order chi connectivity index (χ0) is 8.43. The van der Waals surface area contributed by atoms with Crippen molar-refractivity contribution in [1.82, 2.24) is 0 Å². The van der Waals surface area contributed by atoms with Crippen molar-refractivity contribution in [3.63, 3.8) is 0 Å². The van der Waals surface area contributed by atoms with E-state index in [4.69, 9.17) is 0 Å². The minimum absolute atomic E-state index is 0.0428. The molecule has 0 saturated heterocycles. The first kappa shape index (κ1) is 9.16. The molecule has 0 aliphatic rings. The Balaban J connectivity index is 3.37. The van der Waals surface area contributed by atoms with Gasteiger partial charge in [-0.1, -0.05) is 6.92 Å². The van der Waals surface area contributed by atoms with Gasteiger partial charge in [0.25, 0.3) is 0 Å². The summed E-state index contributed by atoms with van der Waals surface area (Å²) in [5.74, 6) is 0. The summed E-state index contributed by atoms with van der Waals surface area (Å²) in [6.45, 7) is 1.95. The third kappa shape index (κ3) is 2.01. The van der Waals surface area contributed by atoms with Gasteiger partial charge in [0.15, 0.2) is 5.43 Å². The molecular weight excluding hydrogens is 196 g/mol. The lowest BCUT2D eigenvalue weighted by Crippen LogP contribution is -2.05. The molecular formula is C7H8OS3. The summed E-state index contributed by atoms with van der Waals surface area (Å²) in [6, 6.07) is 1.53. The fourth-order valence-corrected chi connectivity index (χ4v) is 2.72. The summed E-state index contributed by atoms with van der Waals surface area (Å²) < 4.78 is 1.50. The van der Waals surface area contributed by atoms with E-state index in [-0.39, 0.29) is 5.43 Å². The van der Waals surface area contributed by atoms with Gasteiger partial charge in [-0.15, -0.1) is 36.6 Å². The molecule has 1 aromatic rings. The van der Waals surface area contributed by atoms with Crippen molar-refractivity contribution in [3.8, 4) is 0 Å². The summed E-state index contributed by atoms with van der Waals surface area (Å²) in [5.41, 5.74) is 0.831. The van der Waals surface area contributed by atoms with Crippen LogP contribution in [-0.4, -0.2) is 0 Å². The molecule has 1 nitrogen and oxygen atoms in total. The molecule has 11 heavy (non-hydrogen) atoms. The highest BCUT2D eigenvalue weighted by Gasteiger charge is 2.02. The maximum absolute atomic E-state index is 11.2. The van der Waals surface area contributed by atoms with Gasteiger partial charge < -0.3 is 0 Å². The Kier molecular flexibility index (Phi) is 3.04. The number of thiol groups is 2. The summed E-state index contributed by atoms with van der Waals surface area (Å²) in [7, 11) is 0. The molecule has 0 bridgehead atoms. The van der Waals surface area contributed by atoms with Crippen LogP contribution in [0.25, 0.3) is 0 Å². The largest absolute Gasteiger partial charge is 0.290 e. The quantitative estimate of drug-likeness (QED) is 0.671. The molecule has 60 valence electrons. The van der Waals surface area contributed by atoms with Crippen LogP contribution in [0.5, 0.6) is 0 Å². The highest BCUT2D eigenvalue weighted by atomic mass is 32.2. The second-order valence-electron chi connectivity index (χ2n) is 2.09. The van der Waals surface area contributed by atoms with Gasteiger partial charge in [-0.3, -0.25) is 4.79 Å². The van der Waals surface area contributed by atoms with Gasteiger partial charge in [-0.25, -0.2) is 0 Å². The molecule has 0 atom stereocenters. The van der Waals surface area contributed by atoms with E-state index in [0.717, 1.165) is 20.4 Å². The number of rotatable bonds is 1. The Bertz CT molecular complexity index is 316. The summed E-state index contributed by atoms with van der Waals surface area (Å²) in [5, 5.41) is 0. The third-order valence-electron chi connectivity index (χ3n) is 1.36. The Morgan fingerprint density at radius 2 is 2.18 bits per heavy atom. The Hall–Kier alpha value is 0.0700. The van der Waals surface area contributed by atoms with Gasteiger partial charge >= 0.3 is 0 Å². The molecule has 0 aliphatic carbocycles. The first-order chi connectivity index (χ1) is 5.15. The van der Waals surface area contributed by atoms with Gasteiger partial charge in [0, 0.05) is 11.6 Å². The molecule has 0 unspecified atom stereocenters. The van der Waals surface area contributed by atoms with Crippen LogP contribution in [0, 0.1) is 0 Å². The van der Waals surface area contributed by atoms with Gasteiger partial charge in [-0.2, -0.15) is 0 Å². The Morgan fingerprint density at radius 3 is 2.64 bits per heavy atom.